The van der Waals surface area contributed by atoms with E-state index in [2.05, 4.69) is 25.0 Å². The first-order chi connectivity index (χ1) is 16.7. The van der Waals surface area contributed by atoms with Gasteiger partial charge in [-0.15, -0.1) is 13.2 Å². The molecule has 0 spiro atoms. The van der Waals surface area contributed by atoms with Gasteiger partial charge < -0.3 is 20.7 Å². The van der Waals surface area contributed by atoms with Gasteiger partial charge in [-0.25, -0.2) is 15.0 Å². The first-order valence-corrected chi connectivity index (χ1v) is 10.7. The number of nitrogens with two attached hydrogens (primary N) is 1. The Morgan fingerprint density at radius 1 is 1.06 bits per heavy atom. The lowest BCUT2D eigenvalue weighted by molar-refractivity contribution is -0.274. The minimum atomic E-state index is -4.80. The zero-order valence-electron chi connectivity index (χ0n) is 18.3. The van der Waals surface area contributed by atoms with E-state index in [1.54, 1.807) is 18.5 Å². The van der Waals surface area contributed by atoms with Crippen LogP contribution in [0.15, 0.2) is 55.2 Å². The number of hydrogen-bond donors (Lipinski definition) is 2. The van der Waals surface area contributed by atoms with Gasteiger partial charge in [0, 0.05) is 54.4 Å². The second-order valence-corrected chi connectivity index (χ2v) is 7.91. The van der Waals surface area contributed by atoms with Crippen LogP contribution in [-0.4, -0.2) is 46.2 Å². The van der Waals surface area contributed by atoms with Crippen molar-refractivity contribution in [1.29, 1.82) is 0 Å². The van der Waals surface area contributed by atoms with Gasteiger partial charge >= 0.3 is 6.36 Å². The number of amides is 2. The molecule has 0 saturated carbocycles. The summed E-state index contributed by atoms with van der Waals surface area (Å²) in [6, 6.07) is 6.46. The fourth-order valence-electron chi connectivity index (χ4n) is 3.80. The van der Waals surface area contributed by atoms with Gasteiger partial charge in [-0.3, -0.25) is 9.59 Å². The quantitative estimate of drug-likeness (QED) is 0.547. The van der Waals surface area contributed by atoms with E-state index in [-0.39, 0.29) is 23.1 Å². The molecular weight excluding hydrogens is 465 g/mol. The predicted molar refractivity (Wildman–Crippen MR) is 120 cm³/mol. The summed E-state index contributed by atoms with van der Waals surface area (Å²) >= 11 is 0. The first-order valence-electron chi connectivity index (χ1n) is 10.7. The molecular formula is C23H21F3N6O3. The van der Waals surface area contributed by atoms with Crippen LogP contribution in [-0.2, 0) is 4.79 Å². The van der Waals surface area contributed by atoms with E-state index in [1.807, 2.05) is 4.90 Å². The number of benzene rings is 1. The molecule has 9 nitrogen and oxygen atoms in total. The van der Waals surface area contributed by atoms with Crippen LogP contribution in [0.4, 0.5) is 24.7 Å². The van der Waals surface area contributed by atoms with Crippen LogP contribution in [0.2, 0.25) is 0 Å². The summed E-state index contributed by atoms with van der Waals surface area (Å²) in [7, 11) is 0. The molecule has 1 aromatic carbocycles. The topological polar surface area (TPSA) is 123 Å². The largest absolute Gasteiger partial charge is 0.573 e. The van der Waals surface area contributed by atoms with Crippen molar-refractivity contribution >= 4 is 23.3 Å². The number of hydrogen-bond acceptors (Lipinski definition) is 7. The monoisotopic (exact) mass is 486 g/mol. The van der Waals surface area contributed by atoms with Crippen LogP contribution in [0, 0.1) is 5.92 Å². The number of primary amides is 1. The van der Waals surface area contributed by atoms with Crippen molar-refractivity contribution in [3.8, 4) is 16.9 Å². The molecule has 35 heavy (non-hydrogen) atoms. The van der Waals surface area contributed by atoms with Crippen LogP contribution in [0.5, 0.6) is 5.75 Å². The normalized spacial score (nSPS) is 14.4. The summed E-state index contributed by atoms with van der Waals surface area (Å²) in [5, 5.41) is 2.63. The molecule has 3 aromatic rings. The zero-order chi connectivity index (χ0) is 25.0. The summed E-state index contributed by atoms with van der Waals surface area (Å²) in [6.45, 7) is 1.14. The Bertz CT molecular complexity index is 1200. The van der Waals surface area contributed by atoms with Crippen LogP contribution in [0.25, 0.3) is 11.1 Å². The number of carbonyl (C=O) groups excluding carboxylic acids is 2. The molecule has 4 rings (SSSR count). The molecule has 0 radical (unpaired) electrons. The highest BCUT2D eigenvalue weighted by Crippen LogP contribution is 2.32. The number of alkyl halides is 3. The third-order valence-electron chi connectivity index (χ3n) is 5.54. The molecule has 182 valence electrons. The summed E-state index contributed by atoms with van der Waals surface area (Å²) < 4.78 is 40.9. The number of ether oxygens (including phenoxy) is 1. The van der Waals surface area contributed by atoms with E-state index in [1.165, 1.54) is 24.7 Å². The summed E-state index contributed by atoms with van der Waals surface area (Å²) in [5.74, 6) is -0.785. The Hall–Kier alpha value is -4.22. The minimum absolute atomic E-state index is 0.187. The average Bonchev–Trinajstić information content (AvgIpc) is 2.84. The van der Waals surface area contributed by atoms with Crippen molar-refractivity contribution in [2.24, 2.45) is 11.7 Å². The van der Waals surface area contributed by atoms with Gasteiger partial charge in [0.25, 0.3) is 5.91 Å². The highest BCUT2D eigenvalue weighted by molar-refractivity contribution is 6.05. The van der Waals surface area contributed by atoms with Gasteiger partial charge in [0.15, 0.2) is 0 Å². The van der Waals surface area contributed by atoms with Crippen LogP contribution in [0.3, 0.4) is 0 Å². The Labute approximate surface area is 198 Å². The Morgan fingerprint density at radius 2 is 1.71 bits per heavy atom. The van der Waals surface area contributed by atoms with Crippen LogP contribution in [0.1, 0.15) is 23.2 Å². The van der Waals surface area contributed by atoms with Crippen molar-refractivity contribution in [3.63, 3.8) is 0 Å². The maximum atomic E-state index is 12.9. The lowest BCUT2D eigenvalue weighted by Crippen LogP contribution is -2.39. The van der Waals surface area contributed by atoms with Gasteiger partial charge in [0.2, 0.25) is 5.91 Å². The molecule has 0 atom stereocenters. The van der Waals surface area contributed by atoms with E-state index in [4.69, 9.17) is 5.73 Å². The summed E-state index contributed by atoms with van der Waals surface area (Å²) in [5.41, 5.74) is 7.23. The molecule has 0 aliphatic carbocycles. The number of anilines is 2. The molecule has 12 heteroatoms. The molecule has 2 aromatic heterocycles. The molecule has 2 amide bonds. The molecule has 1 fully saturated rings. The maximum Gasteiger partial charge on any atom is 0.573 e. The lowest BCUT2D eigenvalue weighted by atomic mass is 9.95. The highest BCUT2D eigenvalue weighted by atomic mass is 19.4. The number of aromatic nitrogens is 3. The van der Waals surface area contributed by atoms with Crippen molar-refractivity contribution in [1.82, 2.24) is 15.0 Å². The van der Waals surface area contributed by atoms with Crippen molar-refractivity contribution in [3.05, 3.63) is 60.8 Å². The standard InChI is InChI=1S/C23H21F3N6O3/c24-23(25,26)35-18-3-1-17(2-4-18)31-22(34)15-9-19(16-10-28-13-29-11-16)21(30-12-15)32-7-5-14(6-8-32)20(27)33/h1-4,9-14H,5-8H2,(H2,27,33)(H,31,34). The van der Waals surface area contributed by atoms with Crippen molar-refractivity contribution in [2.45, 2.75) is 19.2 Å². The molecule has 3 N–H and O–H groups in total. The second kappa shape index (κ2) is 9.95. The Morgan fingerprint density at radius 3 is 2.31 bits per heavy atom. The fraction of sp³-hybridized carbons (Fsp3) is 0.261. The van der Waals surface area contributed by atoms with Gasteiger partial charge in [-0.2, -0.15) is 0 Å². The van der Waals surface area contributed by atoms with Gasteiger partial charge in [0.1, 0.15) is 17.9 Å². The summed E-state index contributed by atoms with van der Waals surface area (Å²) in [6.07, 6.45) is 2.40. The fourth-order valence-corrected chi connectivity index (χ4v) is 3.80. The van der Waals surface area contributed by atoms with Gasteiger partial charge in [-0.05, 0) is 43.2 Å². The average molecular weight is 486 g/mol. The molecule has 1 saturated heterocycles. The number of pyridine rings is 1. The maximum absolute atomic E-state index is 12.9. The van der Waals surface area contributed by atoms with Crippen molar-refractivity contribution in [2.75, 3.05) is 23.3 Å². The summed E-state index contributed by atoms with van der Waals surface area (Å²) in [4.78, 5) is 39.0. The molecule has 3 heterocycles. The van der Waals surface area contributed by atoms with Crippen LogP contribution < -0.4 is 20.7 Å². The number of nitrogens with one attached hydrogen (secondary N) is 1. The SMILES string of the molecule is NC(=O)C1CCN(c2ncc(C(=O)Nc3ccc(OC(F)(F)F)cc3)cc2-c2cncnc2)CC1. The number of rotatable bonds is 6. The number of halogens is 3. The van der Waals surface area contributed by atoms with E-state index in [9.17, 15) is 22.8 Å². The minimum Gasteiger partial charge on any atom is -0.406 e. The van der Waals surface area contributed by atoms with E-state index < -0.39 is 18.0 Å². The third-order valence-corrected chi connectivity index (χ3v) is 5.54. The molecule has 1 aliphatic rings. The molecule has 0 unspecified atom stereocenters. The van der Waals surface area contributed by atoms with Crippen molar-refractivity contribution < 1.29 is 27.5 Å². The first kappa shape index (κ1) is 23.9. The predicted octanol–water partition coefficient (Wildman–Crippen LogP) is 3.39. The van der Waals surface area contributed by atoms with E-state index in [0.717, 1.165) is 12.1 Å². The Kier molecular flexibility index (Phi) is 6.80. The zero-order valence-corrected chi connectivity index (χ0v) is 18.3. The number of piperidine rings is 1. The van der Waals surface area contributed by atoms with E-state index in [0.29, 0.717) is 42.9 Å². The number of carbonyl (C=O) groups is 2. The smallest absolute Gasteiger partial charge is 0.406 e. The molecule has 0 bridgehead atoms. The number of nitrogens with zero attached hydrogens (tertiary/aromatic N) is 4. The third kappa shape index (κ3) is 6.02. The van der Waals surface area contributed by atoms with Gasteiger partial charge in [-0.1, -0.05) is 0 Å². The van der Waals surface area contributed by atoms with E-state index >= 15 is 0 Å². The lowest BCUT2D eigenvalue weighted by Gasteiger charge is -2.32. The molecule has 1 aliphatic heterocycles. The van der Waals surface area contributed by atoms with Crippen LogP contribution >= 0.6 is 0 Å². The highest BCUT2D eigenvalue weighted by Gasteiger charge is 2.31. The Balaban J connectivity index is 1.56. The second-order valence-electron chi connectivity index (χ2n) is 7.91. The van der Waals surface area contributed by atoms with Gasteiger partial charge in [0.05, 0.1) is 5.56 Å².